The van der Waals surface area contributed by atoms with E-state index in [9.17, 15) is 14.4 Å². The van der Waals surface area contributed by atoms with Gasteiger partial charge in [0.2, 0.25) is 5.91 Å². The minimum atomic E-state index is -1.09. The standard InChI is InChI=1S/C22H26N2O5/c1-15(2)12-19(22(27)28)24-20(25)13-23-21(26)17-10-8-16(9-11-17)14-29-18-6-4-3-5-7-18/h3-11,15,19H,12-14H2,1-2H3,(H,23,26)(H,24,25)(H,27,28)/t19-/m0/s1. The van der Waals surface area contributed by atoms with Gasteiger partial charge in [0.1, 0.15) is 18.4 Å². The second kappa shape index (κ2) is 10.8. The molecule has 0 heterocycles. The molecule has 0 aliphatic rings. The number of rotatable bonds is 10. The monoisotopic (exact) mass is 398 g/mol. The zero-order valence-corrected chi connectivity index (χ0v) is 16.6. The van der Waals surface area contributed by atoms with Gasteiger partial charge in [0, 0.05) is 5.56 Å². The van der Waals surface area contributed by atoms with E-state index in [0.29, 0.717) is 18.6 Å². The van der Waals surface area contributed by atoms with Gasteiger partial charge in [0.15, 0.2) is 0 Å². The molecule has 0 aliphatic heterocycles. The molecule has 7 nitrogen and oxygen atoms in total. The minimum Gasteiger partial charge on any atom is -0.489 e. The Hall–Kier alpha value is -3.35. The van der Waals surface area contributed by atoms with Crippen molar-refractivity contribution >= 4 is 17.8 Å². The molecule has 29 heavy (non-hydrogen) atoms. The van der Waals surface area contributed by atoms with Gasteiger partial charge in [-0.25, -0.2) is 4.79 Å². The van der Waals surface area contributed by atoms with Crippen LogP contribution in [-0.4, -0.2) is 35.5 Å². The van der Waals surface area contributed by atoms with Crippen LogP contribution in [0, 0.1) is 5.92 Å². The molecule has 0 radical (unpaired) electrons. The zero-order chi connectivity index (χ0) is 21.2. The van der Waals surface area contributed by atoms with Crippen molar-refractivity contribution in [3.63, 3.8) is 0 Å². The number of hydrogen-bond donors (Lipinski definition) is 3. The number of carbonyl (C=O) groups excluding carboxylic acids is 2. The number of benzene rings is 2. The summed E-state index contributed by atoms with van der Waals surface area (Å²) in [6, 6.07) is 15.3. The summed E-state index contributed by atoms with van der Waals surface area (Å²) in [7, 11) is 0. The Balaban J connectivity index is 1.81. The zero-order valence-electron chi connectivity index (χ0n) is 16.6. The van der Waals surface area contributed by atoms with Crippen LogP contribution in [0.4, 0.5) is 0 Å². The van der Waals surface area contributed by atoms with Gasteiger partial charge in [-0.2, -0.15) is 0 Å². The maximum atomic E-state index is 12.2. The van der Waals surface area contributed by atoms with Crippen LogP contribution in [0.3, 0.4) is 0 Å². The maximum Gasteiger partial charge on any atom is 0.326 e. The summed E-state index contributed by atoms with van der Waals surface area (Å²) in [5, 5.41) is 14.1. The lowest BCUT2D eigenvalue weighted by Gasteiger charge is -2.16. The molecule has 7 heteroatoms. The largest absolute Gasteiger partial charge is 0.489 e. The molecule has 2 amide bonds. The van der Waals surface area contributed by atoms with Crippen molar-refractivity contribution in [2.45, 2.75) is 32.9 Å². The average molecular weight is 398 g/mol. The lowest BCUT2D eigenvalue weighted by atomic mass is 10.0. The van der Waals surface area contributed by atoms with E-state index in [-0.39, 0.29) is 12.5 Å². The Morgan fingerprint density at radius 2 is 1.66 bits per heavy atom. The fourth-order valence-corrected chi connectivity index (χ4v) is 2.64. The molecule has 0 saturated heterocycles. The van der Waals surface area contributed by atoms with Crippen LogP contribution < -0.4 is 15.4 Å². The predicted octanol–water partition coefficient (Wildman–Crippen LogP) is 2.61. The van der Waals surface area contributed by atoms with Crippen molar-refractivity contribution in [1.82, 2.24) is 10.6 Å². The number of carbonyl (C=O) groups is 3. The lowest BCUT2D eigenvalue weighted by Crippen LogP contribution is -2.46. The average Bonchev–Trinajstić information content (AvgIpc) is 2.70. The normalized spacial score (nSPS) is 11.6. The fraction of sp³-hybridized carbons (Fsp3) is 0.318. The van der Waals surface area contributed by atoms with Gasteiger partial charge < -0.3 is 20.5 Å². The third kappa shape index (κ3) is 7.65. The molecule has 0 unspecified atom stereocenters. The summed E-state index contributed by atoms with van der Waals surface area (Å²) in [6.07, 6.45) is 0.321. The van der Waals surface area contributed by atoms with E-state index < -0.39 is 23.8 Å². The third-order valence-corrected chi connectivity index (χ3v) is 4.11. The van der Waals surface area contributed by atoms with Gasteiger partial charge in [-0.3, -0.25) is 9.59 Å². The highest BCUT2D eigenvalue weighted by Gasteiger charge is 2.21. The van der Waals surface area contributed by atoms with Crippen molar-refractivity contribution in [2.75, 3.05) is 6.54 Å². The van der Waals surface area contributed by atoms with Crippen molar-refractivity contribution < 1.29 is 24.2 Å². The topological polar surface area (TPSA) is 105 Å². The van der Waals surface area contributed by atoms with Crippen molar-refractivity contribution in [3.05, 3.63) is 65.7 Å². The first-order chi connectivity index (χ1) is 13.8. The van der Waals surface area contributed by atoms with E-state index in [1.807, 2.05) is 44.2 Å². The number of carboxylic acids is 1. The summed E-state index contributed by atoms with van der Waals surface area (Å²) in [5.74, 6) is -1.16. The first-order valence-electron chi connectivity index (χ1n) is 9.42. The number of aliphatic carboxylic acids is 1. The lowest BCUT2D eigenvalue weighted by molar-refractivity contribution is -0.142. The highest BCUT2D eigenvalue weighted by Crippen LogP contribution is 2.12. The number of nitrogens with one attached hydrogen (secondary N) is 2. The van der Waals surface area contributed by atoms with Crippen LogP contribution in [0.5, 0.6) is 5.75 Å². The van der Waals surface area contributed by atoms with Crippen LogP contribution in [0.2, 0.25) is 0 Å². The number of amides is 2. The molecule has 2 aromatic rings. The summed E-state index contributed by atoms with van der Waals surface area (Å²) < 4.78 is 5.65. The molecule has 2 rings (SSSR count). The Kier molecular flexibility index (Phi) is 8.21. The molecule has 0 spiro atoms. The molecule has 0 aromatic heterocycles. The van der Waals surface area contributed by atoms with Gasteiger partial charge in [0.05, 0.1) is 6.54 Å². The first-order valence-corrected chi connectivity index (χ1v) is 9.42. The maximum absolute atomic E-state index is 12.2. The molecule has 2 aromatic carbocycles. The van der Waals surface area contributed by atoms with Crippen LogP contribution in [-0.2, 0) is 16.2 Å². The number of carboxylic acid groups (broad SMARTS) is 1. The van der Waals surface area contributed by atoms with Crippen molar-refractivity contribution in [1.29, 1.82) is 0 Å². The second-order valence-electron chi connectivity index (χ2n) is 7.07. The second-order valence-corrected chi connectivity index (χ2v) is 7.07. The van der Waals surface area contributed by atoms with E-state index in [2.05, 4.69) is 10.6 Å². The fourth-order valence-electron chi connectivity index (χ4n) is 2.64. The molecule has 0 bridgehead atoms. The molecule has 0 saturated carbocycles. The Labute approximate surface area is 170 Å². The van der Waals surface area contributed by atoms with E-state index in [0.717, 1.165) is 11.3 Å². The Morgan fingerprint density at radius 1 is 1.00 bits per heavy atom. The highest BCUT2D eigenvalue weighted by atomic mass is 16.5. The van der Waals surface area contributed by atoms with E-state index >= 15 is 0 Å². The van der Waals surface area contributed by atoms with Crippen LogP contribution >= 0.6 is 0 Å². The molecule has 1 atom stereocenters. The molecule has 0 fully saturated rings. The third-order valence-electron chi connectivity index (χ3n) is 4.11. The summed E-state index contributed by atoms with van der Waals surface area (Å²) in [4.78, 5) is 35.3. The number of hydrogen-bond acceptors (Lipinski definition) is 4. The molecular weight excluding hydrogens is 372 g/mol. The number of ether oxygens (including phenoxy) is 1. The number of para-hydroxylation sites is 1. The van der Waals surface area contributed by atoms with E-state index in [4.69, 9.17) is 9.84 Å². The molecule has 154 valence electrons. The van der Waals surface area contributed by atoms with E-state index in [1.54, 1.807) is 24.3 Å². The van der Waals surface area contributed by atoms with Crippen molar-refractivity contribution in [2.24, 2.45) is 5.92 Å². The SMILES string of the molecule is CC(C)C[C@H](NC(=O)CNC(=O)c1ccc(COc2ccccc2)cc1)C(=O)O. The van der Waals surface area contributed by atoms with Gasteiger partial charge in [-0.1, -0.05) is 44.2 Å². The summed E-state index contributed by atoms with van der Waals surface area (Å²) in [5.41, 5.74) is 1.30. The Bertz CT molecular complexity index is 819. The molecule has 3 N–H and O–H groups in total. The van der Waals surface area contributed by atoms with Crippen LogP contribution in [0.25, 0.3) is 0 Å². The van der Waals surface area contributed by atoms with E-state index in [1.165, 1.54) is 0 Å². The predicted molar refractivity (Wildman–Crippen MR) is 109 cm³/mol. The minimum absolute atomic E-state index is 0.121. The summed E-state index contributed by atoms with van der Waals surface area (Å²) in [6.45, 7) is 3.83. The summed E-state index contributed by atoms with van der Waals surface area (Å²) >= 11 is 0. The quantitative estimate of drug-likeness (QED) is 0.571. The van der Waals surface area contributed by atoms with Gasteiger partial charge in [0.25, 0.3) is 5.91 Å². The first kappa shape index (κ1) is 21.9. The molecule has 0 aliphatic carbocycles. The molecular formula is C22H26N2O5. The Morgan fingerprint density at radius 3 is 2.24 bits per heavy atom. The van der Waals surface area contributed by atoms with Crippen molar-refractivity contribution in [3.8, 4) is 5.75 Å². The smallest absolute Gasteiger partial charge is 0.326 e. The van der Waals surface area contributed by atoms with Crippen LogP contribution in [0.1, 0.15) is 36.2 Å². The van der Waals surface area contributed by atoms with Gasteiger partial charge >= 0.3 is 5.97 Å². The highest BCUT2D eigenvalue weighted by molar-refractivity contribution is 5.96. The van der Waals surface area contributed by atoms with Gasteiger partial charge in [-0.05, 0) is 42.2 Å². The van der Waals surface area contributed by atoms with Crippen LogP contribution in [0.15, 0.2) is 54.6 Å². The van der Waals surface area contributed by atoms with Gasteiger partial charge in [-0.15, -0.1) is 0 Å².